The Balaban J connectivity index is 2.05. The van der Waals surface area contributed by atoms with E-state index in [9.17, 15) is 0 Å². The monoisotopic (exact) mass is 294 g/mol. The second kappa shape index (κ2) is 7.11. The van der Waals surface area contributed by atoms with Gasteiger partial charge in [-0.25, -0.2) is 0 Å². The Bertz CT molecular complexity index is 436. The molecule has 0 aromatic heterocycles. The van der Waals surface area contributed by atoms with Gasteiger partial charge in [0.15, 0.2) is 0 Å². The molecule has 0 spiro atoms. The molecule has 0 aliphatic heterocycles. The summed E-state index contributed by atoms with van der Waals surface area (Å²) >= 11 is 1.98. The van der Waals surface area contributed by atoms with E-state index in [1.807, 2.05) is 43.8 Å². The summed E-state index contributed by atoms with van der Waals surface area (Å²) < 4.78 is 5.75. The van der Waals surface area contributed by atoms with Crippen LogP contribution in [-0.2, 0) is 0 Å². The minimum Gasteiger partial charge on any atom is -0.489 e. The van der Waals surface area contributed by atoms with E-state index in [-0.39, 0.29) is 6.10 Å². The third kappa shape index (κ3) is 3.98. The third-order valence-corrected chi connectivity index (χ3v) is 4.84. The maximum atomic E-state index is 6.22. The topological polar surface area (TPSA) is 47.3 Å². The number of nitrogens with two attached hydrogens (primary N) is 1. The van der Waals surface area contributed by atoms with Crippen molar-refractivity contribution in [3.63, 3.8) is 0 Å². The van der Waals surface area contributed by atoms with Crippen LogP contribution in [-0.4, -0.2) is 23.7 Å². The summed E-state index contributed by atoms with van der Waals surface area (Å²) in [5.74, 6) is 0.780. The summed E-state index contributed by atoms with van der Waals surface area (Å²) in [6, 6.07) is 6.51. The molecule has 1 saturated carbocycles. The molecule has 2 rings (SSSR count). The van der Waals surface area contributed by atoms with Crippen LogP contribution >= 0.6 is 11.8 Å². The molecule has 0 heterocycles. The molecule has 3 N–H and O–H groups in total. The van der Waals surface area contributed by atoms with E-state index in [4.69, 9.17) is 10.5 Å². The summed E-state index contributed by atoms with van der Waals surface area (Å²) in [4.78, 5) is 0. The molecule has 2 atom stereocenters. The highest BCUT2D eigenvalue weighted by molar-refractivity contribution is 7.99. The van der Waals surface area contributed by atoms with Crippen LogP contribution < -0.4 is 15.8 Å². The third-order valence-electron chi connectivity index (χ3n) is 3.75. The number of para-hydroxylation sites is 1. The van der Waals surface area contributed by atoms with E-state index >= 15 is 0 Å². The Labute approximate surface area is 126 Å². The van der Waals surface area contributed by atoms with E-state index in [0.29, 0.717) is 6.04 Å². The predicted octanol–water partition coefficient (Wildman–Crippen LogP) is 4.14. The molecule has 4 heteroatoms. The first-order valence-corrected chi connectivity index (χ1v) is 8.73. The Morgan fingerprint density at radius 1 is 1.35 bits per heavy atom. The zero-order chi connectivity index (χ0) is 14.5. The number of nitrogens with one attached hydrogen (secondary N) is 1. The summed E-state index contributed by atoms with van der Waals surface area (Å²) in [6.45, 7) is 4.04. The van der Waals surface area contributed by atoms with Gasteiger partial charge in [-0.2, -0.15) is 11.8 Å². The van der Waals surface area contributed by atoms with Gasteiger partial charge in [-0.15, -0.1) is 0 Å². The number of hydrogen-bond acceptors (Lipinski definition) is 4. The first kappa shape index (κ1) is 15.4. The van der Waals surface area contributed by atoms with E-state index in [1.54, 1.807) is 0 Å². The van der Waals surface area contributed by atoms with E-state index in [1.165, 1.54) is 25.7 Å². The molecular formula is C16H26N2OS. The van der Waals surface area contributed by atoms with Crippen LogP contribution in [0.1, 0.15) is 39.5 Å². The number of nitrogen functional groups attached to an aromatic ring is 1. The van der Waals surface area contributed by atoms with Gasteiger partial charge in [0.25, 0.3) is 0 Å². The highest BCUT2D eigenvalue weighted by Crippen LogP contribution is 2.34. The van der Waals surface area contributed by atoms with Crippen LogP contribution in [0.5, 0.6) is 5.75 Å². The predicted molar refractivity (Wildman–Crippen MR) is 89.8 cm³/mol. The maximum absolute atomic E-state index is 6.22. The van der Waals surface area contributed by atoms with Crippen molar-refractivity contribution >= 4 is 23.1 Å². The molecule has 20 heavy (non-hydrogen) atoms. The molecule has 0 amide bonds. The number of anilines is 2. The molecule has 1 fully saturated rings. The van der Waals surface area contributed by atoms with Crippen molar-refractivity contribution in [2.24, 2.45) is 0 Å². The number of thioether (sulfide) groups is 1. The zero-order valence-corrected chi connectivity index (χ0v) is 13.5. The molecule has 1 aliphatic carbocycles. The van der Waals surface area contributed by atoms with Gasteiger partial charge < -0.3 is 15.8 Å². The van der Waals surface area contributed by atoms with E-state index in [2.05, 4.69) is 11.6 Å². The lowest BCUT2D eigenvalue weighted by molar-refractivity contribution is 0.244. The molecule has 1 aromatic carbocycles. The van der Waals surface area contributed by atoms with Crippen molar-refractivity contribution < 1.29 is 4.74 Å². The first-order valence-electron chi connectivity index (χ1n) is 7.44. The Hall–Kier alpha value is -1.03. The number of ether oxygens (including phenoxy) is 1. The number of hydrogen-bond donors (Lipinski definition) is 2. The van der Waals surface area contributed by atoms with Crippen molar-refractivity contribution in [1.29, 1.82) is 0 Å². The summed E-state index contributed by atoms with van der Waals surface area (Å²) in [6.07, 6.45) is 7.43. The quantitative estimate of drug-likeness (QED) is 0.801. The SMILES string of the molecule is CSC1CCCC(Nc2cccc(OC(C)C)c2N)C1. The van der Waals surface area contributed by atoms with Crippen molar-refractivity contribution in [2.45, 2.75) is 56.9 Å². The first-order chi connectivity index (χ1) is 9.60. The molecule has 0 radical (unpaired) electrons. The lowest BCUT2D eigenvalue weighted by Crippen LogP contribution is -2.28. The molecule has 0 bridgehead atoms. The molecule has 1 aliphatic rings. The summed E-state index contributed by atoms with van der Waals surface area (Å²) in [5, 5.41) is 4.38. The average Bonchev–Trinajstić information content (AvgIpc) is 2.43. The van der Waals surface area contributed by atoms with Crippen LogP contribution in [0.3, 0.4) is 0 Å². The second-order valence-electron chi connectivity index (χ2n) is 5.75. The largest absolute Gasteiger partial charge is 0.489 e. The molecule has 2 unspecified atom stereocenters. The molecule has 1 aromatic rings. The smallest absolute Gasteiger partial charge is 0.144 e. The number of rotatable bonds is 5. The van der Waals surface area contributed by atoms with Crippen LogP contribution in [0.25, 0.3) is 0 Å². The van der Waals surface area contributed by atoms with Crippen molar-refractivity contribution in [1.82, 2.24) is 0 Å². The Kier molecular flexibility index (Phi) is 5.46. The van der Waals surface area contributed by atoms with Gasteiger partial charge in [0.2, 0.25) is 0 Å². The van der Waals surface area contributed by atoms with Gasteiger partial charge in [-0.1, -0.05) is 12.5 Å². The summed E-state index contributed by atoms with van der Waals surface area (Å²) in [7, 11) is 0. The highest BCUT2D eigenvalue weighted by atomic mass is 32.2. The Morgan fingerprint density at radius 2 is 2.15 bits per heavy atom. The van der Waals surface area contributed by atoms with Gasteiger partial charge in [0.05, 0.1) is 17.5 Å². The van der Waals surface area contributed by atoms with Crippen LogP contribution in [0.4, 0.5) is 11.4 Å². The average molecular weight is 294 g/mol. The minimum atomic E-state index is 0.142. The minimum absolute atomic E-state index is 0.142. The van der Waals surface area contributed by atoms with Crippen LogP contribution in [0, 0.1) is 0 Å². The van der Waals surface area contributed by atoms with Crippen molar-refractivity contribution in [3.05, 3.63) is 18.2 Å². The lowest BCUT2D eigenvalue weighted by Gasteiger charge is -2.30. The maximum Gasteiger partial charge on any atom is 0.144 e. The van der Waals surface area contributed by atoms with Gasteiger partial charge in [0, 0.05) is 11.3 Å². The molecule has 3 nitrogen and oxygen atoms in total. The lowest BCUT2D eigenvalue weighted by atomic mass is 9.94. The fraction of sp³-hybridized carbons (Fsp3) is 0.625. The van der Waals surface area contributed by atoms with Gasteiger partial charge >= 0.3 is 0 Å². The fourth-order valence-electron chi connectivity index (χ4n) is 2.74. The van der Waals surface area contributed by atoms with Gasteiger partial charge in [0.1, 0.15) is 5.75 Å². The number of benzene rings is 1. The van der Waals surface area contributed by atoms with Gasteiger partial charge in [-0.05, 0) is 51.5 Å². The molecule has 112 valence electrons. The second-order valence-corrected chi connectivity index (χ2v) is 6.89. The van der Waals surface area contributed by atoms with Crippen LogP contribution in [0.15, 0.2) is 18.2 Å². The highest BCUT2D eigenvalue weighted by Gasteiger charge is 2.22. The molecular weight excluding hydrogens is 268 g/mol. The standard InChI is InChI=1S/C16H26N2OS/c1-11(2)19-15-9-5-8-14(16(15)17)18-12-6-4-7-13(10-12)20-3/h5,8-9,11-13,18H,4,6-7,10,17H2,1-3H3. The fourth-order valence-corrected chi connectivity index (χ4v) is 3.56. The summed E-state index contributed by atoms with van der Waals surface area (Å²) in [5.41, 5.74) is 7.96. The van der Waals surface area contributed by atoms with E-state index in [0.717, 1.165) is 22.4 Å². The van der Waals surface area contributed by atoms with E-state index < -0.39 is 0 Å². The van der Waals surface area contributed by atoms with Crippen LogP contribution in [0.2, 0.25) is 0 Å². The molecule has 0 saturated heterocycles. The van der Waals surface area contributed by atoms with Crippen molar-refractivity contribution in [3.8, 4) is 5.75 Å². The normalized spacial score (nSPS) is 22.8. The zero-order valence-electron chi connectivity index (χ0n) is 12.7. The Morgan fingerprint density at radius 3 is 2.85 bits per heavy atom. The van der Waals surface area contributed by atoms with Gasteiger partial charge in [-0.3, -0.25) is 0 Å². The van der Waals surface area contributed by atoms with Crippen molar-refractivity contribution in [2.75, 3.05) is 17.3 Å².